The molecular formula is C38H41N7O3. The molecule has 2 amide bonds. The van der Waals surface area contributed by atoms with Gasteiger partial charge in [0.2, 0.25) is 5.91 Å². The van der Waals surface area contributed by atoms with Gasteiger partial charge < -0.3 is 35.2 Å². The Kier molecular flexibility index (Phi) is 8.73. The Morgan fingerprint density at radius 1 is 1.04 bits per heavy atom. The number of nitrogens with zero attached hydrogens (tertiary/aromatic N) is 3. The van der Waals surface area contributed by atoms with Crippen LogP contribution in [0.25, 0.3) is 21.8 Å². The molecule has 1 atom stereocenters. The van der Waals surface area contributed by atoms with Gasteiger partial charge in [0.15, 0.2) is 0 Å². The van der Waals surface area contributed by atoms with Crippen molar-refractivity contribution in [1.82, 2.24) is 35.1 Å². The summed E-state index contributed by atoms with van der Waals surface area (Å²) in [5, 5.41) is 22.3. The molecule has 5 N–H and O–H groups in total. The summed E-state index contributed by atoms with van der Waals surface area (Å²) in [6.07, 6.45) is 9.27. The lowest BCUT2D eigenvalue weighted by Crippen LogP contribution is -2.24. The first-order valence-electron chi connectivity index (χ1n) is 16.7. The molecule has 10 nitrogen and oxygen atoms in total. The van der Waals surface area contributed by atoms with Crippen LogP contribution in [0.15, 0.2) is 79.4 Å². The van der Waals surface area contributed by atoms with Gasteiger partial charge in [-0.2, -0.15) is 0 Å². The van der Waals surface area contributed by atoms with Crippen molar-refractivity contribution >= 4 is 33.6 Å². The van der Waals surface area contributed by atoms with Gasteiger partial charge in [-0.05, 0) is 66.3 Å². The molecule has 6 aromatic rings. The van der Waals surface area contributed by atoms with E-state index in [4.69, 9.17) is 0 Å². The van der Waals surface area contributed by atoms with E-state index in [9.17, 15) is 14.7 Å². The largest absolute Gasteiger partial charge is 0.508 e. The number of nitrogens with one attached hydrogen (secondary N) is 4. The first-order chi connectivity index (χ1) is 23.4. The number of para-hydroxylation sites is 1. The van der Waals surface area contributed by atoms with Gasteiger partial charge in [-0.25, -0.2) is 4.98 Å². The number of aromatic hydroxyl groups is 1. The second-order valence-electron chi connectivity index (χ2n) is 12.7. The summed E-state index contributed by atoms with van der Waals surface area (Å²) in [4.78, 5) is 32.9. The van der Waals surface area contributed by atoms with Gasteiger partial charge in [-0.1, -0.05) is 37.3 Å². The van der Waals surface area contributed by atoms with E-state index in [0.717, 1.165) is 63.8 Å². The smallest absolute Gasteiger partial charge is 0.252 e. The molecule has 246 valence electrons. The molecule has 1 aliphatic heterocycles. The third-order valence-electron chi connectivity index (χ3n) is 9.16. The Hall–Kier alpha value is -5.35. The fourth-order valence-corrected chi connectivity index (χ4v) is 6.93. The normalized spacial score (nSPS) is 14.1. The topological polar surface area (TPSA) is 129 Å². The predicted octanol–water partition coefficient (Wildman–Crippen LogP) is 5.58. The third-order valence-corrected chi connectivity index (χ3v) is 9.16. The lowest BCUT2D eigenvalue weighted by atomic mass is 9.95. The number of imidazole rings is 1. The summed E-state index contributed by atoms with van der Waals surface area (Å²) in [7, 11) is 1.98. The molecule has 0 saturated carbocycles. The van der Waals surface area contributed by atoms with Gasteiger partial charge in [0.25, 0.3) is 5.91 Å². The van der Waals surface area contributed by atoms with E-state index in [1.807, 2.05) is 49.3 Å². The van der Waals surface area contributed by atoms with Crippen molar-refractivity contribution in [3.05, 3.63) is 119 Å². The molecule has 1 unspecified atom stereocenters. The van der Waals surface area contributed by atoms with Crippen LogP contribution in [0.3, 0.4) is 0 Å². The number of aryl methyl sites for hydroxylation is 2. The molecular weight excluding hydrogens is 602 g/mol. The minimum Gasteiger partial charge on any atom is -0.508 e. The summed E-state index contributed by atoms with van der Waals surface area (Å²) >= 11 is 0. The number of benzene rings is 3. The molecule has 0 saturated heterocycles. The molecule has 48 heavy (non-hydrogen) atoms. The van der Waals surface area contributed by atoms with Crippen LogP contribution in [0.4, 0.5) is 0 Å². The van der Waals surface area contributed by atoms with E-state index in [1.54, 1.807) is 18.2 Å². The Morgan fingerprint density at radius 3 is 2.75 bits per heavy atom. The monoisotopic (exact) mass is 643 g/mol. The van der Waals surface area contributed by atoms with Crippen molar-refractivity contribution in [2.45, 2.75) is 58.3 Å². The Morgan fingerprint density at radius 2 is 1.92 bits per heavy atom. The fraction of sp³-hybridized carbons (Fsp3) is 0.289. The van der Waals surface area contributed by atoms with Crippen LogP contribution in [0.5, 0.6) is 5.75 Å². The SMILES string of the molecule is CCCC(=O)NCCCc1cn(Cc2cn(C)cn2)c2cc(CNCc3[nH]c4ccccc4c3C3NC(=O)c4ccc(O)cc43)ccc12. The second kappa shape index (κ2) is 13.4. The molecule has 3 aromatic carbocycles. The quantitative estimate of drug-likeness (QED) is 0.105. The molecule has 0 spiro atoms. The lowest BCUT2D eigenvalue weighted by molar-refractivity contribution is -0.121. The molecule has 1 aliphatic rings. The second-order valence-corrected chi connectivity index (χ2v) is 12.7. The molecule has 0 radical (unpaired) electrons. The van der Waals surface area contributed by atoms with E-state index < -0.39 is 0 Å². The average molecular weight is 644 g/mol. The zero-order valence-corrected chi connectivity index (χ0v) is 27.3. The van der Waals surface area contributed by atoms with Crippen molar-refractivity contribution in [1.29, 1.82) is 0 Å². The van der Waals surface area contributed by atoms with Crippen LogP contribution >= 0.6 is 0 Å². The average Bonchev–Trinajstić information content (AvgIpc) is 3.83. The van der Waals surface area contributed by atoms with Crippen molar-refractivity contribution in [3.8, 4) is 5.75 Å². The van der Waals surface area contributed by atoms with Gasteiger partial charge >= 0.3 is 0 Å². The number of rotatable bonds is 13. The standard InChI is InChI=1S/C38H41N7O3/c1-3-7-35(47)40-15-6-8-25-20-45(22-26-21-44(2)23-41-26)34-16-24(11-13-28(25)34)18-39-19-33-36(30-9-4-5-10-32(30)42-33)37-31-17-27(46)12-14-29(31)38(48)43-37/h4-5,9-14,16-17,20-21,23,37,39,42,46H,3,6-8,15,18-19,22H2,1-2H3,(H,40,47)(H,43,48). The number of carbonyl (C=O) groups is 2. The number of aromatic nitrogens is 4. The number of amides is 2. The van der Waals surface area contributed by atoms with E-state index in [-0.39, 0.29) is 23.6 Å². The minimum atomic E-state index is -0.364. The van der Waals surface area contributed by atoms with Crippen molar-refractivity contribution in [2.24, 2.45) is 7.05 Å². The van der Waals surface area contributed by atoms with Crippen molar-refractivity contribution in [3.63, 3.8) is 0 Å². The number of aromatic amines is 1. The zero-order valence-electron chi connectivity index (χ0n) is 27.3. The maximum Gasteiger partial charge on any atom is 0.252 e. The van der Waals surface area contributed by atoms with E-state index in [0.29, 0.717) is 38.2 Å². The lowest BCUT2D eigenvalue weighted by Gasteiger charge is -2.15. The molecule has 3 aromatic heterocycles. The highest BCUT2D eigenvalue weighted by atomic mass is 16.3. The fourth-order valence-electron chi connectivity index (χ4n) is 6.93. The molecule has 0 aliphatic carbocycles. The Bertz CT molecular complexity index is 2120. The third kappa shape index (κ3) is 6.31. The van der Waals surface area contributed by atoms with E-state index in [2.05, 4.69) is 60.9 Å². The first-order valence-corrected chi connectivity index (χ1v) is 16.7. The predicted molar refractivity (Wildman–Crippen MR) is 187 cm³/mol. The molecule has 0 bridgehead atoms. The van der Waals surface area contributed by atoms with Gasteiger partial charge in [0.05, 0.1) is 24.6 Å². The van der Waals surface area contributed by atoms with Gasteiger partial charge in [-0.3, -0.25) is 9.59 Å². The summed E-state index contributed by atoms with van der Waals surface area (Å²) in [6.45, 7) is 4.56. The van der Waals surface area contributed by atoms with E-state index >= 15 is 0 Å². The minimum absolute atomic E-state index is 0.115. The van der Waals surface area contributed by atoms with Crippen LogP contribution in [-0.4, -0.2) is 42.6 Å². The molecule has 10 heteroatoms. The van der Waals surface area contributed by atoms with Crippen LogP contribution in [-0.2, 0) is 37.9 Å². The van der Waals surface area contributed by atoms with Crippen LogP contribution in [0.1, 0.15) is 76.2 Å². The van der Waals surface area contributed by atoms with Gasteiger partial charge in [-0.15, -0.1) is 0 Å². The summed E-state index contributed by atoms with van der Waals surface area (Å²) in [5.74, 6) is 0.116. The van der Waals surface area contributed by atoms with Gasteiger partial charge in [0, 0.05) is 84.1 Å². The summed E-state index contributed by atoms with van der Waals surface area (Å²) in [5.41, 5.74) is 8.93. The first kappa shape index (κ1) is 31.3. The summed E-state index contributed by atoms with van der Waals surface area (Å²) < 4.78 is 4.24. The maximum atomic E-state index is 12.9. The highest BCUT2D eigenvalue weighted by Crippen LogP contribution is 2.38. The highest BCUT2D eigenvalue weighted by molar-refractivity contribution is 6.01. The number of H-pyrrole nitrogens is 1. The van der Waals surface area contributed by atoms with Crippen LogP contribution in [0.2, 0.25) is 0 Å². The van der Waals surface area contributed by atoms with Gasteiger partial charge in [0.1, 0.15) is 5.75 Å². The number of hydrogen-bond donors (Lipinski definition) is 5. The number of hydrogen-bond acceptors (Lipinski definition) is 5. The number of phenols is 1. The van der Waals surface area contributed by atoms with Crippen molar-refractivity contribution < 1.29 is 14.7 Å². The molecule has 7 rings (SSSR count). The summed E-state index contributed by atoms with van der Waals surface area (Å²) in [6, 6.07) is 19.3. The number of carbonyl (C=O) groups excluding carboxylic acids is 2. The molecule has 0 fully saturated rings. The zero-order chi connectivity index (χ0) is 33.2. The van der Waals surface area contributed by atoms with Crippen molar-refractivity contribution in [2.75, 3.05) is 6.54 Å². The van der Waals surface area contributed by atoms with Crippen LogP contribution < -0.4 is 16.0 Å². The Labute approximate surface area is 279 Å². The maximum absolute atomic E-state index is 12.9. The number of phenolic OH excluding ortho intramolecular Hbond substituents is 1. The highest BCUT2D eigenvalue weighted by Gasteiger charge is 2.33. The van der Waals surface area contributed by atoms with Crippen LogP contribution in [0, 0.1) is 0 Å². The number of fused-ring (bicyclic) bond motifs is 3. The van der Waals surface area contributed by atoms with E-state index in [1.165, 1.54) is 10.9 Å². The Balaban J connectivity index is 1.12. The molecule has 4 heterocycles.